The van der Waals surface area contributed by atoms with E-state index in [1.165, 1.54) is 24.3 Å². The highest BCUT2D eigenvalue weighted by molar-refractivity contribution is 7.86. The number of hydrogen-bond donors (Lipinski definition) is 5. The van der Waals surface area contributed by atoms with Crippen LogP contribution in [0.4, 0.5) is 28.6 Å². The predicted octanol–water partition coefficient (Wildman–Crippen LogP) is 5.99. The minimum atomic E-state index is -4.77. The van der Waals surface area contributed by atoms with Crippen molar-refractivity contribution in [3.05, 3.63) is 57.9 Å². The molecule has 5 N–H and O–H groups in total. The van der Waals surface area contributed by atoms with Crippen LogP contribution in [0.1, 0.15) is 0 Å². The highest BCUT2D eigenvalue weighted by Crippen LogP contribution is 2.42. The summed E-state index contributed by atoms with van der Waals surface area (Å²) in [5.74, 6) is -0.556. The van der Waals surface area contributed by atoms with Crippen molar-refractivity contribution in [2.45, 2.75) is 9.79 Å². The average molecular weight is 634 g/mol. The van der Waals surface area contributed by atoms with Crippen molar-refractivity contribution >= 4 is 94.4 Å². The van der Waals surface area contributed by atoms with E-state index in [4.69, 9.17) is 34.8 Å². The number of rotatable bonds is 7. The van der Waals surface area contributed by atoms with Gasteiger partial charge in [-0.25, -0.2) is 4.98 Å². The van der Waals surface area contributed by atoms with Gasteiger partial charge >= 0.3 is 0 Å². The Bertz CT molecular complexity index is 1890. The fourth-order valence-corrected chi connectivity index (χ4v) is 5.12. The number of benzene rings is 3. The van der Waals surface area contributed by atoms with Gasteiger partial charge in [-0.2, -0.15) is 21.8 Å². The molecule has 0 spiro atoms. The maximum Gasteiger partial charge on any atom is 0.296 e. The second-order valence-corrected chi connectivity index (χ2v) is 11.5. The molecule has 0 amide bonds. The van der Waals surface area contributed by atoms with Crippen LogP contribution in [0.3, 0.4) is 0 Å². The number of fused-ring (bicyclic) bond motifs is 1. The molecule has 0 fully saturated rings. The molecule has 0 aliphatic carbocycles. The quantitative estimate of drug-likeness (QED) is 0.0692. The molecule has 0 saturated carbocycles. The lowest BCUT2D eigenvalue weighted by Gasteiger charge is -2.12. The van der Waals surface area contributed by atoms with Gasteiger partial charge in [-0.1, -0.05) is 29.3 Å². The third-order valence-electron chi connectivity index (χ3n) is 5.15. The molecule has 0 aliphatic heterocycles. The molecule has 204 valence electrons. The number of phenolic OH excluding ortho intramolecular Hbond substituents is 1. The molecule has 4 aromatic rings. The molecule has 1 heterocycles. The van der Waals surface area contributed by atoms with Gasteiger partial charge in [-0.3, -0.25) is 9.11 Å². The van der Waals surface area contributed by atoms with Crippen LogP contribution in [0, 0.1) is 0 Å². The summed E-state index contributed by atoms with van der Waals surface area (Å²) in [6.45, 7) is 0. The lowest BCUT2D eigenvalue weighted by Crippen LogP contribution is -2.01. The second kappa shape index (κ2) is 10.7. The number of nitrogens with one attached hydrogen (secondary N) is 2. The fraction of sp³-hybridized carbons (Fsp3) is 0.0476. The number of azo groups is 1. The smallest absolute Gasteiger partial charge is 0.296 e. The van der Waals surface area contributed by atoms with Gasteiger partial charge in [0.05, 0.1) is 16.0 Å². The Labute approximate surface area is 236 Å². The summed E-state index contributed by atoms with van der Waals surface area (Å²) in [5.41, 5.74) is 0.168. The van der Waals surface area contributed by atoms with E-state index in [2.05, 4.69) is 30.8 Å². The first-order valence-electron chi connectivity index (χ1n) is 10.3. The predicted molar refractivity (Wildman–Crippen MR) is 146 cm³/mol. The molecule has 0 unspecified atom stereocenters. The molecular weight excluding hydrogens is 619 g/mol. The van der Waals surface area contributed by atoms with Crippen molar-refractivity contribution in [3.8, 4) is 5.75 Å². The monoisotopic (exact) mass is 632 g/mol. The van der Waals surface area contributed by atoms with Crippen molar-refractivity contribution in [2.75, 3.05) is 17.7 Å². The van der Waals surface area contributed by atoms with E-state index in [0.717, 1.165) is 18.2 Å². The van der Waals surface area contributed by atoms with Crippen LogP contribution in [0.15, 0.2) is 62.5 Å². The van der Waals surface area contributed by atoms with Crippen molar-refractivity contribution in [3.63, 3.8) is 0 Å². The zero-order valence-electron chi connectivity index (χ0n) is 19.3. The van der Waals surface area contributed by atoms with E-state index >= 15 is 0 Å². The van der Waals surface area contributed by atoms with Gasteiger partial charge in [0.2, 0.25) is 5.28 Å². The van der Waals surface area contributed by atoms with Crippen molar-refractivity contribution in [1.82, 2.24) is 9.97 Å². The highest BCUT2D eigenvalue weighted by Gasteiger charge is 2.20. The van der Waals surface area contributed by atoms with Crippen LogP contribution < -0.4 is 10.6 Å². The maximum absolute atomic E-state index is 12.0. The molecule has 0 aliphatic rings. The Balaban J connectivity index is 1.88. The molecule has 13 nitrogen and oxygen atoms in total. The van der Waals surface area contributed by atoms with Crippen LogP contribution in [0.5, 0.6) is 5.75 Å². The van der Waals surface area contributed by atoms with Crippen LogP contribution in [-0.4, -0.2) is 48.1 Å². The molecule has 0 radical (unpaired) electrons. The van der Waals surface area contributed by atoms with Gasteiger partial charge in [-0.15, -0.1) is 10.2 Å². The van der Waals surface area contributed by atoms with Crippen molar-refractivity contribution in [2.24, 2.45) is 10.2 Å². The van der Waals surface area contributed by atoms with Crippen LogP contribution in [0.25, 0.3) is 10.8 Å². The van der Waals surface area contributed by atoms with E-state index in [-0.39, 0.29) is 49.1 Å². The lowest BCUT2D eigenvalue weighted by molar-refractivity contribution is 0.471. The maximum atomic E-state index is 12.0. The largest absolute Gasteiger partial charge is 0.507 e. The molecule has 18 heteroatoms. The summed E-state index contributed by atoms with van der Waals surface area (Å²) in [5, 5.41) is 24.1. The van der Waals surface area contributed by atoms with Crippen LogP contribution in [-0.2, 0) is 20.2 Å². The van der Waals surface area contributed by atoms with Gasteiger partial charge in [0.25, 0.3) is 20.2 Å². The Hall–Kier alpha value is -3.31. The molecule has 0 bridgehead atoms. The standard InChI is InChI=1S/C21H15Cl3N6O7S2/c1-25-12-4-2-9-6-11(38(32,33)34)8-14(31)16(9)18(12)30-29-13-7-10(3-5-15(13)39(35,36)37)26-20-17(22)19(23)27-21(24)28-20/h2-8,25,31H,1H3,(H,26,27,28)(H,32,33,34)(H,35,36,37). The van der Waals surface area contributed by atoms with Gasteiger partial charge in [0.1, 0.15) is 27.0 Å². The number of anilines is 3. The van der Waals surface area contributed by atoms with E-state index < -0.39 is 35.8 Å². The summed E-state index contributed by atoms with van der Waals surface area (Å²) < 4.78 is 66.3. The molecule has 4 rings (SSSR count). The zero-order chi connectivity index (χ0) is 28.7. The second-order valence-electron chi connectivity index (χ2n) is 7.66. The van der Waals surface area contributed by atoms with Crippen LogP contribution in [0.2, 0.25) is 15.5 Å². The van der Waals surface area contributed by atoms with Gasteiger partial charge < -0.3 is 15.7 Å². The molecule has 0 atom stereocenters. The summed E-state index contributed by atoms with van der Waals surface area (Å²) >= 11 is 17.8. The Kier molecular flexibility index (Phi) is 7.86. The summed E-state index contributed by atoms with van der Waals surface area (Å²) in [7, 11) is -7.86. The third-order valence-corrected chi connectivity index (χ3v) is 7.78. The first-order valence-corrected chi connectivity index (χ1v) is 14.3. The summed E-state index contributed by atoms with van der Waals surface area (Å²) in [4.78, 5) is 6.46. The minimum Gasteiger partial charge on any atom is -0.507 e. The van der Waals surface area contributed by atoms with E-state index in [9.17, 15) is 31.0 Å². The number of aromatic nitrogens is 2. The average Bonchev–Trinajstić information content (AvgIpc) is 2.84. The summed E-state index contributed by atoms with van der Waals surface area (Å²) in [6, 6.07) is 8.42. The highest BCUT2D eigenvalue weighted by atomic mass is 35.5. The first-order chi connectivity index (χ1) is 18.2. The Morgan fingerprint density at radius 3 is 2.26 bits per heavy atom. The number of hydrogen-bond acceptors (Lipinski definition) is 11. The molecule has 39 heavy (non-hydrogen) atoms. The summed E-state index contributed by atoms with van der Waals surface area (Å²) in [6.07, 6.45) is 0. The van der Waals surface area contributed by atoms with Gasteiger partial charge in [0.15, 0.2) is 11.0 Å². The Morgan fingerprint density at radius 2 is 1.62 bits per heavy atom. The number of halogens is 3. The van der Waals surface area contributed by atoms with E-state index in [1.54, 1.807) is 7.05 Å². The van der Waals surface area contributed by atoms with E-state index in [0.29, 0.717) is 5.69 Å². The van der Waals surface area contributed by atoms with Crippen molar-refractivity contribution in [1.29, 1.82) is 0 Å². The Morgan fingerprint density at radius 1 is 0.897 bits per heavy atom. The van der Waals surface area contributed by atoms with E-state index in [1.807, 2.05) is 0 Å². The first kappa shape index (κ1) is 28.7. The fourth-order valence-electron chi connectivity index (χ4n) is 3.46. The molecule has 3 aromatic carbocycles. The number of aromatic hydroxyl groups is 1. The molecule has 1 aromatic heterocycles. The topological polar surface area (TPSA) is 204 Å². The minimum absolute atomic E-state index is 0.00440. The molecular formula is C21H15Cl3N6O7S2. The lowest BCUT2D eigenvalue weighted by atomic mass is 10.1. The number of nitrogens with zero attached hydrogens (tertiary/aromatic N) is 4. The van der Waals surface area contributed by atoms with Crippen LogP contribution >= 0.6 is 34.8 Å². The van der Waals surface area contributed by atoms with Crippen molar-refractivity contribution < 1.29 is 31.0 Å². The number of phenols is 1. The third kappa shape index (κ3) is 6.14. The molecule has 0 saturated heterocycles. The SMILES string of the molecule is CNc1ccc2cc(S(=O)(=O)O)cc(O)c2c1N=Nc1cc(Nc2nc(Cl)nc(Cl)c2Cl)ccc1S(=O)(=O)O. The van der Waals surface area contributed by atoms with Gasteiger partial charge in [-0.05, 0) is 47.3 Å². The van der Waals surface area contributed by atoms with Gasteiger partial charge in [0, 0.05) is 18.8 Å². The normalized spacial score (nSPS) is 12.3. The zero-order valence-corrected chi connectivity index (χ0v) is 23.2.